The van der Waals surface area contributed by atoms with Crippen molar-refractivity contribution >= 4 is 23.3 Å². The number of rotatable bonds is 5. The highest BCUT2D eigenvalue weighted by molar-refractivity contribution is 7.80. The molecular formula is C12H22N2O3S. The number of nitrogens with one attached hydrogen (secondary N) is 2. The van der Waals surface area contributed by atoms with E-state index in [0.29, 0.717) is 18.3 Å². The largest absolute Gasteiger partial charge is 0.463 e. The van der Waals surface area contributed by atoms with E-state index in [1.54, 1.807) is 0 Å². The first-order valence-electron chi connectivity index (χ1n) is 6.41. The predicted octanol–water partition coefficient (Wildman–Crippen LogP) is 0.971. The van der Waals surface area contributed by atoms with Crippen molar-refractivity contribution in [2.24, 2.45) is 0 Å². The third-order valence-corrected chi connectivity index (χ3v) is 2.98. The Balaban J connectivity index is 2.14. The lowest BCUT2D eigenvalue weighted by Gasteiger charge is -2.30. The molecule has 2 unspecified atom stereocenters. The van der Waals surface area contributed by atoms with Crippen LogP contribution >= 0.6 is 12.2 Å². The first-order chi connectivity index (χ1) is 8.61. The molecule has 1 rings (SSSR count). The summed E-state index contributed by atoms with van der Waals surface area (Å²) in [7, 11) is 0. The van der Waals surface area contributed by atoms with Crippen LogP contribution in [0, 0.1) is 0 Å². The van der Waals surface area contributed by atoms with Crippen LogP contribution in [-0.4, -0.2) is 43.0 Å². The molecule has 0 aromatic heterocycles. The molecule has 104 valence electrons. The summed E-state index contributed by atoms with van der Waals surface area (Å²) in [5, 5.41) is 7.04. The minimum absolute atomic E-state index is 0.0177. The average Bonchev–Trinajstić information content (AvgIpc) is 2.35. The van der Waals surface area contributed by atoms with E-state index < -0.39 is 0 Å². The van der Waals surface area contributed by atoms with Crippen molar-refractivity contribution in [1.29, 1.82) is 0 Å². The Morgan fingerprint density at radius 1 is 1.50 bits per heavy atom. The van der Waals surface area contributed by atoms with E-state index in [1.807, 2.05) is 0 Å². The third-order valence-electron chi connectivity index (χ3n) is 2.71. The van der Waals surface area contributed by atoms with Gasteiger partial charge in [-0.3, -0.25) is 4.79 Å². The van der Waals surface area contributed by atoms with Gasteiger partial charge in [-0.25, -0.2) is 0 Å². The van der Waals surface area contributed by atoms with Crippen molar-refractivity contribution < 1.29 is 14.3 Å². The predicted molar refractivity (Wildman–Crippen MR) is 73.4 cm³/mol. The second-order valence-electron chi connectivity index (χ2n) is 4.43. The zero-order chi connectivity index (χ0) is 13.4. The van der Waals surface area contributed by atoms with E-state index in [4.69, 9.17) is 21.7 Å². The highest BCUT2D eigenvalue weighted by Gasteiger charge is 2.22. The fraction of sp³-hybridized carbons (Fsp3) is 0.833. The minimum atomic E-state index is -0.260. The Morgan fingerprint density at radius 3 is 2.83 bits per heavy atom. The lowest BCUT2D eigenvalue weighted by Crippen LogP contribution is -2.47. The Kier molecular flexibility index (Phi) is 6.97. The van der Waals surface area contributed by atoms with Gasteiger partial charge in [0.15, 0.2) is 5.11 Å². The fourth-order valence-corrected chi connectivity index (χ4v) is 2.01. The Labute approximate surface area is 114 Å². The summed E-state index contributed by atoms with van der Waals surface area (Å²) in [4.78, 5) is 10.7. The molecule has 1 aliphatic heterocycles. The molecule has 0 aromatic carbocycles. The maximum Gasteiger partial charge on any atom is 0.302 e. The maximum absolute atomic E-state index is 10.7. The number of hydrogen-bond donors (Lipinski definition) is 2. The fourth-order valence-electron chi connectivity index (χ4n) is 1.74. The molecule has 1 aliphatic rings. The minimum Gasteiger partial charge on any atom is -0.463 e. The molecule has 0 spiro atoms. The summed E-state index contributed by atoms with van der Waals surface area (Å²) in [6.45, 7) is 5.33. The van der Waals surface area contributed by atoms with Crippen LogP contribution in [0.2, 0.25) is 0 Å². The molecule has 1 saturated heterocycles. The maximum atomic E-state index is 10.7. The van der Waals surface area contributed by atoms with E-state index >= 15 is 0 Å². The number of thiocarbonyl (C=S) groups is 1. The molecular weight excluding hydrogens is 252 g/mol. The second kappa shape index (κ2) is 8.26. The lowest BCUT2D eigenvalue weighted by molar-refractivity contribution is -0.146. The van der Waals surface area contributed by atoms with E-state index in [9.17, 15) is 4.79 Å². The van der Waals surface area contributed by atoms with Gasteiger partial charge in [-0.2, -0.15) is 0 Å². The number of ether oxygens (including phenoxy) is 2. The van der Waals surface area contributed by atoms with Crippen LogP contribution in [0.1, 0.15) is 33.1 Å². The summed E-state index contributed by atoms with van der Waals surface area (Å²) < 4.78 is 10.5. The van der Waals surface area contributed by atoms with Gasteiger partial charge in [0.1, 0.15) is 6.61 Å². The smallest absolute Gasteiger partial charge is 0.302 e. The van der Waals surface area contributed by atoms with Crippen LogP contribution < -0.4 is 10.6 Å². The van der Waals surface area contributed by atoms with Crippen molar-refractivity contribution in [3.05, 3.63) is 0 Å². The van der Waals surface area contributed by atoms with Crippen molar-refractivity contribution in [3.63, 3.8) is 0 Å². The van der Waals surface area contributed by atoms with Crippen LogP contribution in [0.15, 0.2) is 0 Å². The van der Waals surface area contributed by atoms with Gasteiger partial charge in [0.25, 0.3) is 0 Å². The van der Waals surface area contributed by atoms with E-state index in [2.05, 4.69) is 17.6 Å². The van der Waals surface area contributed by atoms with Crippen LogP contribution in [-0.2, 0) is 14.3 Å². The molecule has 1 heterocycles. The molecule has 0 bridgehead atoms. The van der Waals surface area contributed by atoms with Crippen molar-refractivity contribution in [3.8, 4) is 0 Å². The van der Waals surface area contributed by atoms with Gasteiger partial charge in [-0.15, -0.1) is 0 Å². The van der Waals surface area contributed by atoms with Gasteiger partial charge in [0, 0.05) is 13.5 Å². The van der Waals surface area contributed by atoms with Gasteiger partial charge in [0.05, 0.1) is 18.8 Å². The monoisotopic (exact) mass is 274 g/mol. The van der Waals surface area contributed by atoms with Crippen molar-refractivity contribution in [1.82, 2.24) is 10.6 Å². The molecule has 0 amide bonds. The zero-order valence-corrected chi connectivity index (χ0v) is 11.8. The van der Waals surface area contributed by atoms with Crippen molar-refractivity contribution in [2.45, 2.75) is 45.3 Å². The number of hydrogen-bond acceptors (Lipinski definition) is 4. The lowest BCUT2D eigenvalue weighted by atomic mass is 10.1. The normalized spacial score (nSPS) is 23.2. The van der Waals surface area contributed by atoms with E-state index in [0.717, 1.165) is 25.8 Å². The van der Waals surface area contributed by atoms with E-state index in [-0.39, 0.29) is 18.1 Å². The number of esters is 1. The highest BCUT2D eigenvalue weighted by atomic mass is 32.1. The summed E-state index contributed by atoms with van der Waals surface area (Å²) in [6.07, 6.45) is 2.92. The zero-order valence-electron chi connectivity index (χ0n) is 11.0. The Bertz CT molecular complexity index is 278. The molecule has 6 heteroatoms. The topological polar surface area (TPSA) is 59.6 Å². The Morgan fingerprint density at radius 2 is 2.28 bits per heavy atom. The van der Waals surface area contributed by atoms with Crippen LogP contribution in [0.3, 0.4) is 0 Å². The van der Waals surface area contributed by atoms with Gasteiger partial charge >= 0.3 is 5.97 Å². The summed E-state index contributed by atoms with van der Waals surface area (Å²) >= 11 is 5.17. The van der Waals surface area contributed by atoms with Gasteiger partial charge in [-0.05, 0) is 31.5 Å². The van der Waals surface area contributed by atoms with Crippen LogP contribution in [0.4, 0.5) is 0 Å². The Hall–Kier alpha value is -0.880. The van der Waals surface area contributed by atoms with Crippen LogP contribution in [0.25, 0.3) is 0 Å². The molecule has 5 nitrogen and oxygen atoms in total. The molecule has 2 atom stereocenters. The second-order valence-corrected chi connectivity index (χ2v) is 4.84. The molecule has 0 aliphatic carbocycles. The molecule has 0 aromatic rings. The van der Waals surface area contributed by atoms with Crippen molar-refractivity contribution in [2.75, 3.05) is 19.8 Å². The molecule has 2 N–H and O–H groups in total. The number of carbonyl (C=O) groups excluding carboxylic acids is 1. The first-order valence-corrected chi connectivity index (χ1v) is 6.82. The van der Waals surface area contributed by atoms with Crippen LogP contribution in [0.5, 0.6) is 0 Å². The molecule has 1 fully saturated rings. The molecule has 18 heavy (non-hydrogen) atoms. The summed E-state index contributed by atoms with van der Waals surface area (Å²) in [5.74, 6) is -0.260. The molecule has 0 radical (unpaired) electrons. The van der Waals surface area contributed by atoms with Gasteiger partial charge in [0.2, 0.25) is 0 Å². The summed E-state index contributed by atoms with van der Waals surface area (Å²) in [6, 6.07) is 0.246. The van der Waals surface area contributed by atoms with Gasteiger partial charge < -0.3 is 20.1 Å². The SMILES string of the molecule is CCCNC(=S)NC1CCC(COC(C)=O)OC1. The highest BCUT2D eigenvalue weighted by Crippen LogP contribution is 2.14. The number of carbonyl (C=O) groups is 1. The third kappa shape index (κ3) is 6.16. The quantitative estimate of drug-likeness (QED) is 0.575. The standard InChI is InChI=1S/C12H22N2O3S/c1-3-6-13-12(18)14-10-4-5-11(17-7-10)8-16-9(2)15/h10-11H,3-8H2,1-2H3,(H2,13,14,18). The van der Waals surface area contributed by atoms with Gasteiger partial charge in [-0.1, -0.05) is 6.92 Å². The molecule has 0 saturated carbocycles. The van der Waals surface area contributed by atoms with E-state index in [1.165, 1.54) is 6.92 Å². The average molecular weight is 274 g/mol. The first kappa shape index (κ1) is 15.2. The summed E-state index contributed by atoms with van der Waals surface area (Å²) in [5.41, 5.74) is 0.